The van der Waals surface area contributed by atoms with Crippen LogP contribution in [0.1, 0.15) is 36.1 Å². The second kappa shape index (κ2) is 6.10. The summed E-state index contributed by atoms with van der Waals surface area (Å²) >= 11 is 3.57. The van der Waals surface area contributed by atoms with E-state index in [4.69, 9.17) is 4.74 Å². The predicted molar refractivity (Wildman–Crippen MR) is 91.2 cm³/mol. The van der Waals surface area contributed by atoms with E-state index in [9.17, 15) is 0 Å². The van der Waals surface area contributed by atoms with Gasteiger partial charge in [0.15, 0.2) is 0 Å². The van der Waals surface area contributed by atoms with Gasteiger partial charge in [0.25, 0.3) is 0 Å². The summed E-state index contributed by atoms with van der Waals surface area (Å²) in [6.45, 7) is 5.14. The summed E-state index contributed by atoms with van der Waals surface area (Å²) in [6.07, 6.45) is 2.07. The van der Waals surface area contributed by atoms with Crippen molar-refractivity contribution in [2.75, 3.05) is 11.9 Å². The van der Waals surface area contributed by atoms with Crippen LogP contribution in [0.5, 0.6) is 5.75 Å². The van der Waals surface area contributed by atoms with Gasteiger partial charge >= 0.3 is 0 Å². The van der Waals surface area contributed by atoms with Crippen LogP contribution in [-0.4, -0.2) is 6.61 Å². The lowest BCUT2D eigenvalue weighted by Crippen LogP contribution is -2.10. The van der Waals surface area contributed by atoms with Crippen molar-refractivity contribution in [1.82, 2.24) is 0 Å². The van der Waals surface area contributed by atoms with Crippen LogP contribution in [0, 0.1) is 6.92 Å². The first-order valence-corrected chi connectivity index (χ1v) is 8.24. The minimum absolute atomic E-state index is 0.324. The molecule has 1 heterocycles. The van der Waals surface area contributed by atoms with E-state index in [0.29, 0.717) is 6.04 Å². The molecule has 1 atom stereocenters. The number of halogens is 1. The van der Waals surface area contributed by atoms with E-state index in [2.05, 4.69) is 71.5 Å². The summed E-state index contributed by atoms with van der Waals surface area (Å²) in [7, 11) is 0. The van der Waals surface area contributed by atoms with E-state index >= 15 is 0 Å². The molecule has 0 amide bonds. The normalized spacial score (nSPS) is 14.4. The average Bonchev–Trinajstić information content (AvgIpc) is 2.91. The molecule has 2 nitrogen and oxygen atoms in total. The lowest BCUT2D eigenvalue weighted by atomic mass is 10.0. The predicted octanol–water partition coefficient (Wildman–Crippen LogP) is 5.26. The van der Waals surface area contributed by atoms with Crippen LogP contribution in [0.15, 0.2) is 40.9 Å². The van der Waals surface area contributed by atoms with Gasteiger partial charge in [-0.25, -0.2) is 0 Å². The van der Waals surface area contributed by atoms with E-state index in [-0.39, 0.29) is 0 Å². The van der Waals surface area contributed by atoms with Crippen LogP contribution in [-0.2, 0) is 6.42 Å². The number of ether oxygens (including phenoxy) is 1. The number of benzene rings is 2. The minimum Gasteiger partial charge on any atom is -0.493 e. The zero-order valence-electron chi connectivity index (χ0n) is 12.4. The van der Waals surface area contributed by atoms with Gasteiger partial charge in [-0.2, -0.15) is 0 Å². The molecule has 0 fully saturated rings. The fourth-order valence-electron chi connectivity index (χ4n) is 2.87. The molecule has 1 aliphatic heterocycles. The number of rotatable bonds is 4. The number of fused-ring (bicyclic) bond motifs is 1. The number of aryl methyl sites for hydroxylation is 1. The number of hydrogen-bond acceptors (Lipinski definition) is 2. The Morgan fingerprint density at radius 2 is 2.10 bits per heavy atom. The van der Waals surface area contributed by atoms with Crippen LogP contribution < -0.4 is 10.1 Å². The van der Waals surface area contributed by atoms with Crippen LogP contribution in [0.4, 0.5) is 5.69 Å². The molecule has 21 heavy (non-hydrogen) atoms. The topological polar surface area (TPSA) is 21.3 Å². The van der Waals surface area contributed by atoms with E-state index in [0.717, 1.165) is 35.4 Å². The number of nitrogens with one attached hydrogen (secondary N) is 1. The first-order chi connectivity index (χ1) is 10.2. The van der Waals surface area contributed by atoms with Gasteiger partial charge in [-0.05, 0) is 60.4 Å². The Kier molecular flexibility index (Phi) is 4.20. The summed E-state index contributed by atoms with van der Waals surface area (Å²) in [6, 6.07) is 13.3. The second-order valence-electron chi connectivity index (χ2n) is 5.59. The van der Waals surface area contributed by atoms with Crippen molar-refractivity contribution >= 4 is 21.6 Å². The molecule has 0 bridgehead atoms. The Bertz CT molecular complexity index is 633. The Morgan fingerprint density at radius 3 is 2.86 bits per heavy atom. The first kappa shape index (κ1) is 14.5. The molecular formula is C18H20BrNO. The van der Waals surface area contributed by atoms with Crippen molar-refractivity contribution in [3.63, 3.8) is 0 Å². The van der Waals surface area contributed by atoms with Gasteiger partial charge in [-0.1, -0.05) is 28.9 Å². The number of hydrogen-bond donors (Lipinski definition) is 1. The zero-order valence-corrected chi connectivity index (χ0v) is 14.0. The van der Waals surface area contributed by atoms with Gasteiger partial charge in [-0.3, -0.25) is 0 Å². The maximum absolute atomic E-state index is 5.59. The van der Waals surface area contributed by atoms with Crippen molar-refractivity contribution < 1.29 is 4.74 Å². The van der Waals surface area contributed by atoms with Gasteiger partial charge < -0.3 is 10.1 Å². The molecule has 2 aromatic carbocycles. The quantitative estimate of drug-likeness (QED) is 0.816. The van der Waals surface area contributed by atoms with Crippen molar-refractivity contribution in [2.45, 2.75) is 32.7 Å². The summed E-state index contributed by atoms with van der Waals surface area (Å²) in [5.41, 5.74) is 5.08. The SMILES string of the molecule is CCC(Nc1cc(C)cc(Br)c1)c1ccc2c(c1)CCO2. The third-order valence-electron chi connectivity index (χ3n) is 3.91. The standard InChI is InChI=1S/C18H20BrNO/c1-3-17(20-16-9-12(2)8-15(19)11-16)13-4-5-18-14(10-13)6-7-21-18/h4-5,8-11,17,20H,3,6-7H2,1-2H3. The summed E-state index contributed by atoms with van der Waals surface area (Å²) in [5, 5.41) is 3.65. The Morgan fingerprint density at radius 1 is 1.24 bits per heavy atom. The highest BCUT2D eigenvalue weighted by Gasteiger charge is 2.16. The summed E-state index contributed by atoms with van der Waals surface area (Å²) in [5.74, 6) is 1.05. The highest BCUT2D eigenvalue weighted by atomic mass is 79.9. The molecule has 110 valence electrons. The highest BCUT2D eigenvalue weighted by molar-refractivity contribution is 9.10. The molecule has 3 heteroatoms. The fourth-order valence-corrected chi connectivity index (χ4v) is 3.47. The Labute approximate surface area is 134 Å². The van der Waals surface area contributed by atoms with E-state index in [1.165, 1.54) is 16.7 Å². The largest absolute Gasteiger partial charge is 0.493 e. The summed E-state index contributed by atoms with van der Waals surface area (Å²) in [4.78, 5) is 0. The van der Waals surface area contributed by atoms with Gasteiger partial charge in [0, 0.05) is 16.6 Å². The van der Waals surface area contributed by atoms with Crippen LogP contribution >= 0.6 is 15.9 Å². The molecule has 2 aromatic rings. The monoisotopic (exact) mass is 345 g/mol. The minimum atomic E-state index is 0.324. The Balaban J connectivity index is 1.84. The maximum atomic E-state index is 5.59. The molecule has 0 aliphatic carbocycles. The van der Waals surface area contributed by atoms with Crippen molar-refractivity contribution in [3.8, 4) is 5.75 Å². The van der Waals surface area contributed by atoms with Gasteiger partial charge in [0.1, 0.15) is 5.75 Å². The van der Waals surface area contributed by atoms with Crippen molar-refractivity contribution in [1.29, 1.82) is 0 Å². The van der Waals surface area contributed by atoms with E-state index in [1.54, 1.807) is 0 Å². The van der Waals surface area contributed by atoms with Gasteiger partial charge in [-0.15, -0.1) is 0 Å². The first-order valence-electron chi connectivity index (χ1n) is 7.45. The Hall–Kier alpha value is -1.48. The third-order valence-corrected chi connectivity index (χ3v) is 4.36. The smallest absolute Gasteiger partial charge is 0.122 e. The molecule has 0 radical (unpaired) electrons. The van der Waals surface area contributed by atoms with Crippen LogP contribution in [0.2, 0.25) is 0 Å². The van der Waals surface area contributed by atoms with Crippen LogP contribution in [0.25, 0.3) is 0 Å². The summed E-state index contributed by atoms with van der Waals surface area (Å²) < 4.78 is 6.70. The van der Waals surface area contributed by atoms with Gasteiger partial charge in [0.2, 0.25) is 0 Å². The fraction of sp³-hybridized carbons (Fsp3) is 0.333. The van der Waals surface area contributed by atoms with E-state index < -0.39 is 0 Å². The molecule has 3 rings (SSSR count). The number of anilines is 1. The molecule has 1 aliphatic rings. The van der Waals surface area contributed by atoms with E-state index in [1.807, 2.05) is 0 Å². The third kappa shape index (κ3) is 3.24. The van der Waals surface area contributed by atoms with Crippen LogP contribution in [0.3, 0.4) is 0 Å². The van der Waals surface area contributed by atoms with Crippen molar-refractivity contribution in [3.05, 3.63) is 57.6 Å². The molecular weight excluding hydrogens is 326 g/mol. The molecule has 0 spiro atoms. The molecule has 1 N–H and O–H groups in total. The molecule has 0 saturated carbocycles. The zero-order chi connectivity index (χ0) is 14.8. The lowest BCUT2D eigenvalue weighted by molar-refractivity contribution is 0.357. The van der Waals surface area contributed by atoms with Crippen molar-refractivity contribution in [2.24, 2.45) is 0 Å². The molecule has 0 aromatic heterocycles. The second-order valence-corrected chi connectivity index (χ2v) is 6.50. The highest BCUT2D eigenvalue weighted by Crippen LogP contribution is 2.31. The average molecular weight is 346 g/mol. The maximum Gasteiger partial charge on any atom is 0.122 e. The molecule has 1 unspecified atom stereocenters. The van der Waals surface area contributed by atoms with Gasteiger partial charge in [0.05, 0.1) is 12.6 Å². The lowest BCUT2D eigenvalue weighted by Gasteiger charge is -2.20. The molecule has 0 saturated heterocycles.